The Bertz CT molecular complexity index is 576. The normalized spacial score (nSPS) is 21.0. The summed E-state index contributed by atoms with van der Waals surface area (Å²) >= 11 is 0. The molecule has 2 fully saturated rings. The molecule has 1 aromatic rings. The first-order valence-electron chi connectivity index (χ1n) is 9.54. The largest absolute Gasteiger partial charge is 0.352 e. The lowest BCUT2D eigenvalue weighted by Crippen LogP contribution is -2.52. The number of carbonyl (C=O) groups is 2. The van der Waals surface area contributed by atoms with Gasteiger partial charge in [-0.3, -0.25) is 14.5 Å². The van der Waals surface area contributed by atoms with Crippen molar-refractivity contribution in [2.75, 3.05) is 13.1 Å². The molecule has 0 bridgehead atoms. The van der Waals surface area contributed by atoms with Gasteiger partial charge in [0.1, 0.15) is 0 Å². The third-order valence-electron chi connectivity index (χ3n) is 5.53. The summed E-state index contributed by atoms with van der Waals surface area (Å²) in [6, 6.07) is 9.80. The van der Waals surface area contributed by atoms with Crippen molar-refractivity contribution in [1.29, 1.82) is 0 Å². The molecular formula is C20H29N3O2. The van der Waals surface area contributed by atoms with E-state index in [4.69, 9.17) is 0 Å². The van der Waals surface area contributed by atoms with Gasteiger partial charge in [-0.1, -0.05) is 31.0 Å². The lowest BCUT2D eigenvalue weighted by atomic mass is 10.0. The van der Waals surface area contributed by atoms with Crippen molar-refractivity contribution in [1.82, 2.24) is 15.5 Å². The van der Waals surface area contributed by atoms with Crippen LogP contribution in [0.25, 0.3) is 0 Å². The molecule has 3 rings (SSSR count). The Labute approximate surface area is 150 Å². The quantitative estimate of drug-likeness (QED) is 0.862. The van der Waals surface area contributed by atoms with Gasteiger partial charge in [0.15, 0.2) is 0 Å². The summed E-state index contributed by atoms with van der Waals surface area (Å²) in [5.74, 6) is 0.143. The Hall–Kier alpha value is -1.88. The minimum Gasteiger partial charge on any atom is -0.352 e. The molecule has 1 saturated heterocycles. The fraction of sp³-hybridized carbons (Fsp3) is 0.600. The predicted octanol–water partition coefficient (Wildman–Crippen LogP) is 2.33. The molecule has 1 atom stereocenters. The molecule has 1 aromatic carbocycles. The summed E-state index contributed by atoms with van der Waals surface area (Å²) in [4.78, 5) is 26.9. The SMILES string of the molecule is C[C@H](C(=O)NC1CCCC1)N1CCC(NC(=O)c2ccccc2)CC1. The maximum absolute atomic E-state index is 12.4. The summed E-state index contributed by atoms with van der Waals surface area (Å²) in [5, 5.41) is 6.31. The monoisotopic (exact) mass is 343 g/mol. The van der Waals surface area contributed by atoms with Crippen LogP contribution in [0.2, 0.25) is 0 Å². The van der Waals surface area contributed by atoms with Gasteiger partial charge in [-0.15, -0.1) is 0 Å². The predicted molar refractivity (Wildman–Crippen MR) is 98.4 cm³/mol. The zero-order valence-corrected chi connectivity index (χ0v) is 15.0. The Kier molecular flexibility index (Phi) is 6.08. The van der Waals surface area contributed by atoms with Gasteiger partial charge in [-0.05, 0) is 44.7 Å². The molecule has 0 spiro atoms. The Morgan fingerprint density at radius 1 is 0.960 bits per heavy atom. The third-order valence-corrected chi connectivity index (χ3v) is 5.53. The molecular weight excluding hydrogens is 314 g/mol. The molecule has 0 aromatic heterocycles. The highest BCUT2D eigenvalue weighted by Crippen LogP contribution is 2.19. The fourth-order valence-electron chi connectivity index (χ4n) is 3.85. The van der Waals surface area contributed by atoms with E-state index in [2.05, 4.69) is 15.5 Å². The average Bonchev–Trinajstić information content (AvgIpc) is 3.15. The topological polar surface area (TPSA) is 61.4 Å². The number of carbonyl (C=O) groups excluding carboxylic acids is 2. The number of benzene rings is 1. The molecule has 2 N–H and O–H groups in total. The zero-order valence-electron chi connectivity index (χ0n) is 15.0. The van der Waals surface area contributed by atoms with Crippen molar-refractivity contribution in [3.8, 4) is 0 Å². The van der Waals surface area contributed by atoms with Crippen LogP contribution in [-0.4, -0.2) is 47.9 Å². The van der Waals surface area contributed by atoms with Crippen LogP contribution in [0, 0.1) is 0 Å². The van der Waals surface area contributed by atoms with E-state index in [9.17, 15) is 9.59 Å². The number of hydrogen-bond acceptors (Lipinski definition) is 3. The first-order valence-corrected chi connectivity index (χ1v) is 9.54. The summed E-state index contributed by atoms with van der Waals surface area (Å²) in [6.45, 7) is 3.69. The Morgan fingerprint density at radius 3 is 2.20 bits per heavy atom. The number of hydrogen-bond donors (Lipinski definition) is 2. The second-order valence-corrected chi connectivity index (χ2v) is 7.32. The van der Waals surface area contributed by atoms with Gasteiger partial charge >= 0.3 is 0 Å². The van der Waals surface area contributed by atoms with E-state index in [-0.39, 0.29) is 23.9 Å². The lowest BCUT2D eigenvalue weighted by Gasteiger charge is -2.36. The van der Waals surface area contributed by atoms with Crippen molar-refractivity contribution in [3.05, 3.63) is 35.9 Å². The van der Waals surface area contributed by atoms with Crippen molar-refractivity contribution in [2.24, 2.45) is 0 Å². The van der Waals surface area contributed by atoms with Gasteiger partial charge < -0.3 is 10.6 Å². The van der Waals surface area contributed by atoms with E-state index >= 15 is 0 Å². The van der Waals surface area contributed by atoms with Gasteiger partial charge in [0, 0.05) is 30.7 Å². The Balaban J connectivity index is 1.43. The van der Waals surface area contributed by atoms with E-state index in [0.717, 1.165) is 38.8 Å². The van der Waals surface area contributed by atoms with Gasteiger partial charge in [0.25, 0.3) is 5.91 Å². The second kappa shape index (κ2) is 8.48. The van der Waals surface area contributed by atoms with Crippen LogP contribution in [0.5, 0.6) is 0 Å². The van der Waals surface area contributed by atoms with Crippen molar-refractivity contribution in [2.45, 2.75) is 63.6 Å². The maximum Gasteiger partial charge on any atom is 0.251 e. The van der Waals surface area contributed by atoms with Crippen molar-refractivity contribution < 1.29 is 9.59 Å². The smallest absolute Gasteiger partial charge is 0.251 e. The number of nitrogens with one attached hydrogen (secondary N) is 2. The summed E-state index contributed by atoms with van der Waals surface area (Å²) < 4.78 is 0. The summed E-state index contributed by atoms with van der Waals surface area (Å²) in [7, 11) is 0. The molecule has 0 radical (unpaired) electrons. The second-order valence-electron chi connectivity index (χ2n) is 7.32. The van der Waals surface area contributed by atoms with Gasteiger partial charge in [0.2, 0.25) is 5.91 Å². The van der Waals surface area contributed by atoms with E-state index in [1.165, 1.54) is 12.8 Å². The highest BCUT2D eigenvalue weighted by atomic mass is 16.2. The highest BCUT2D eigenvalue weighted by Gasteiger charge is 2.28. The van der Waals surface area contributed by atoms with Crippen molar-refractivity contribution in [3.63, 3.8) is 0 Å². The van der Waals surface area contributed by atoms with Gasteiger partial charge in [-0.25, -0.2) is 0 Å². The number of amides is 2. The molecule has 5 heteroatoms. The fourth-order valence-corrected chi connectivity index (χ4v) is 3.85. The molecule has 2 amide bonds. The van der Waals surface area contributed by atoms with E-state index in [0.29, 0.717) is 11.6 Å². The molecule has 1 aliphatic heterocycles. The molecule has 1 saturated carbocycles. The highest BCUT2D eigenvalue weighted by molar-refractivity contribution is 5.94. The number of nitrogens with zero attached hydrogens (tertiary/aromatic N) is 1. The first kappa shape index (κ1) is 17.9. The average molecular weight is 343 g/mol. The van der Waals surface area contributed by atoms with Crippen LogP contribution in [0.3, 0.4) is 0 Å². The van der Waals surface area contributed by atoms with Crippen LogP contribution < -0.4 is 10.6 Å². The minimum absolute atomic E-state index is 0.00826. The van der Waals surface area contributed by atoms with Crippen LogP contribution in [0.15, 0.2) is 30.3 Å². The number of rotatable bonds is 5. The summed E-state index contributed by atoms with van der Waals surface area (Å²) in [5.41, 5.74) is 0.703. The minimum atomic E-state index is -0.0913. The molecule has 1 heterocycles. The van der Waals surface area contributed by atoms with Gasteiger partial charge in [0.05, 0.1) is 6.04 Å². The molecule has 136 valence electrons. The van der Waals surface area contributed by atoms with Gasteiger partial charge in [-0.2, -0.15) is 0 Å². The van der Waals surface area contributed by atoms with Crippen LogP contribution in [-0.2, 0) is 4.79 Å². The maximum atomic E-state index is 12.4. The van der Waals surface area contributed by atoms with E-state index < -0.39 is 0 Å². The van der Waals surface area contributed by atoms with Crippen LogP contribution in [0.4, 0.5) is 0 Å². The van der Waals surface area contributed by atoms with E-state index in [1.54, 1.807) is 0 Å². The molecule has 1 aliphatic carbocycles. The first-order chi connectivity index (χ1) is 12.1. The van der Waals surface area contributed by atoms with E-state index in [1.807, 2.05) is 37.3 Å². The number of piperidine rings is 1. The molecule has 25 heavy (non-hydrogen) atoms. The lowest BCUT2D eigenvalue weighted by molar-refractivity contribution is -0.127. The number of likely N-dealkylation sites (tertiary alicyclic amines) is 1. The molecule has 5 nitrogen and oxygen atoms in total. The molecule has 0 unspecified atom stereocenters. The third kappa shape index (κ3) is 4.82. The Morgan fingerprint density at radius 2 is 1.56 bits per heavy atom. The zero-order chi connectivity index (χ0) is 17.6. The van der Waals surface area contributed by atoms with Crippen LogP contribution >= 0.6 is 0 Å². The van der Waals surface area contributed by atoms with Crippen LogP contribution in [0.1, 0.15) is 55.8 Å². The standard InChI is InChI=1S/C20H29N3O2/c1-15(19(24)21-17-9-5-6-10-17)23-13-11-18(12-14-23)22-20(25)16-7-3-2-4-8-16/h2-4,7-8,15,17-18H,5-6,9-14H2,1H3,(H,21,24)(H,22,25)/t15-/m1/s1. The van der Waals surface area contributed by atoms with Crippen molar-refractivity contribution >= 4 is 11.8 Å². The summed E-state index contributed by atoms with van der Waals surface area (Å²) in [6.07, 6.45) is 6.47. The molecule has 2 aliphatic rings.